The summed E-state index contributed by atoms with van der Waals surface area (Å²) in [6.07, 6.45) is 2.57. The maximum Gasteiger partial charge on any atom is 0.115 e. The van der Waals surface area contributed by atoms with Crippen LogP contribution < -0.4 is 0 Å². The zero-order valence-electron chi connectivity index (χ0n) is 9.83. The molecule has 82 valence electrons. The van der Waals surface area contributed by atoms with Crippen LogP contribution in [0.2, 0.25) is 0 Å². The Labute approximate surface area is 92.1 Å². The maximum absolute atomic E-state index is 9.27. The molecule has 1 aliphatic rings. The summed E-state index contributed by atoms with van der Waals surface area (Å²) in [6, 6.07) is 7.73. The average molecular weight is 204 g/mol. The Morgan fingerprint density at radius 2 is 1.73 bits per heavy atom. The number of aromatic hydroxyl groups is 1. The molecule has 0 saturated heterocycles. The van der Waals surface area contributed by atoms with E-state index in [1.807, 2.05) is 0 Å². The molecule has 0 bridgehead atoms. The molecule has 2 rings (SSSR count). The van der Waals surface area contributed by atoms with E-state index in [-0.39, 0.29) is 0 Å². The van der Waals surface area contributed by atoms with Gasteiger partial charge in [0.15, 0.2) is 0 Å². The van der Waals surface area contributed by atoms with E-state index < -0.39 is 0 Å². The van der Waals surface area contributed by atoms with Crippen molar-refractivity contribution in [1.29, 1.82) is 0 Å². The SMILES string of the molecule is CC1CC(C)(C)CC1c1ccc(O)cc1. The summed E-state index contributed by atoms with van der Waals surface area (Å²) in [5.41, 5.74) is 1.85. The molecule has 0 spiro atoms. The fourth-order valence-corrected chi connectivity index (χ4v) is 3.06. The largest absolute Gasteiger partial charge is 0.508 e. The lowest BCUT2D eigenvalue weighted by Crippen LogP contribution is -2.04. The van der Waals surface area contributed by atoms with Crippen LogP contribution in [0.15, 0.2) is 24.3 Å². The summed E-state index contributed by atoms with van der Waals surface area (Å²) in [5.74, 6) is 1.79. The Morgan fingerprint density at radius 1 is 1.13 bits per heavy atom. The zero-order valence-corrected chi connectivity index (χ0v) is 9.83. The molecule has 0 heterocycles. The van der Waals surface area contributed by atoms with Crippen molar-refractivity contribution >= 4 is 0 Å². The number of phenols is 1. The number of benzene rings is 1. The normalized spacial score (nSPS) is 29.3. The van der Waals surface area contributed by atoms with Gasteiger partial charge in [0.05, 0.1) is 0 Å². The maximum atomic E-state index is 9.27. The third-order valence-corrected chi connectivity index (χ3v) is 3.66. The molecule has 0 amide bonds. The quantitative estimate of drug-likeness (QED) is 0.734. The van der Waals surface area contributed by atoms with Crippen molar-refractivity contribution in [2.75, 3.05) is 0 Å². The van der Waals surface area contributed by atoms with Crippen molar-refractivity contribution in [2.45, 2.75) is 39.5 Å². The first-order chi connectivity index (χ1) is 6.98. The van der Waals surface area contributed by atoms with Crippen LogP contribution in [0, 0.1) is 11.3 Å². The highest BCUT2D eigenvalue weighted by Crippen LogP contribution is 2.49. The Balaban J connectivity index is 2.21. The van der Waals surface area contributed by atoms with E-state index in [1.54, 1.807) is 12.1 Å². The van der Waals surface area contributed by atoms with E-state index in [9.17, 15) is 5.11 Å². The predicted molar refractivity (Wildman–Crippen MR) is 63.0 cm³/mol. The van der Waals surface area contributed by atoms with Crippen molar-refractivity contribution in [3.63, 3.8) is 0 Å². The highest BCUT2D eigenvalue weighted by atomic mass is 16.3. The fraction of sp³-hybridized carbons (Fsp3) is 0.571. The van der Waals surface area contributed by atoms with Crippen molar-refractivity contribution in [3.8, 4) is 5.75 Å². The molecule has 1 aromatic rings. The first kappa shape index (κ1) is 10.5. The van der Waals surface area contributed by atoms with E-state index in [2.05, 4.69) is 32.9 Å². The van der Waals surface area contributed by atoms with Gasteiger partial charge in [-0.1, -0.05) is 32.9 Å². The smallest absolute Gasteiger partial charge is 0.115 e. The van der Waals surface area contributed by atoms with Gasteiger partial charge in [-0.3, -0.25) is 0 Å². The third-order valence-electron chi connectivity index (χ3n) is 3.66. The second-order valence-corrected chi connectivity index (χ2v) is 5.75. The van der Waals surface area contributed by atoms with Gasteiger partial charge in [-0.25, -0.2) is 0 Å². The number of rotatable bonds is 1. The third kappa shape index (κ3) is 2.17. The van der Waals surface area contributed by atoms with Crippen LogP contribution in [-0.2, 0) is 0 Å². The molecule has 1 heteroatoms. The summed E-state index contributed by atoms with van der Waals surface area (Å²) in [4.78, 5) is 0. The van der Waals surface area contributed by atoms with E-state index in [0.29, 0.717) is 17.1 Å². The molecule has 2 atom stereocenters. The minimum absolute atomic E-state index is 0.365. The van der Waals surface area contributed by atoms with E-state index in [4.69, 9.17) is 0 Å². The van der Waals surface area contributed by atoms with Gasteiger partial charge < -0.3 is 5.11 Å². The minimum Gasteiger partial charge on any atom is -0.508 e. The van der Waals surface area contributed by atoms with Gasteiger partial charge in [0.2, 0.25) is 0 Å². The van der Waals surface area contributed by atoms with Gasteiger partial charge in [0.25, 0.3) is 0 Å². The van der Waals surface area contributed by atoms with Crippen molar-refractivity contribution in [2.24, 2.45) is 11.3 Å². The predicted octanol–water partition coefficient (Wildman–Crippen LogP) is 3.93. The van der Waals surface area contributed by atoms with Crippen LogP contribution in [0.5, 0.6) is 5.75 Å². The zero-order chi connectivity index (χ0) is 11.1. The van der Waals surface area contributed by atoms with Gasteiger partial charge in [-0.15, -0.1) is 0 Å². The molecular formula is C14H20O. The van der Waals surface area contributed by atoms with Crippen LogP contribution in [0.25, 0.3) is 0 Å². The van der Waals surface area contributed by atoms with Crippen molar-refractivity contribution in [1.82, 2.24) is 0 Å². The first-order valence-corrected chi connectivity index (χ1v) is 5.77. The number of hydrogen-bond donors (Lipinski definition) is 1. The van der Waals surface area contributed by atoms with E-state index >= 15 is 0 Å². The summed E-state index contributed by atoms with van der Waals surface area (Å²) >= 11 is 0. The lowest BCUT2D eigenvalue weighted by molar-refractivity contribution is 0.365. The molecule has 1 aliphatic carbocycles. The topological polar surface area (TPSA) is 20.2 Å². The summed E-state index contributed by atoms with van der Waals surface area (Å²) in [7, 11) is 0. The lowest BCUT2D eigenvalue weighted by atomic mass is 9.88. The van der Waals surface area contributed by atoms with Crippen LogP contribution in [0.4, 0.5) is 0 Å². The summed E-state index contributed by atoms with van der Waals surface area (Å²) < 4.78 is 0. The Bertz CT molecular complexity index is 337. The van der Waals surface area contributed by atoms with Gasteiger partial charge in [0.1, 0.15) is 5.75 Å². The summed E-state index contributed by atoms with van der Waals surface area (Å²) in [6.45, 7) is 7.04. The second kappa shape index (κ2) is 3.55. The van der Waals surface area contributed by atoms with Crippen LogP contribution in [0.1, 0.15) is 45.1 Å². The van der Waals surface area contributed by atoms with E-state index in [1.165, 1.54) is 18.4 Å². The molecule has 1 fully saturated rings. The molecular weight excluding hydrogens is 184 g/mol. The highest BCUT2D eigenvalue weighted by Gasteiger charge is 2.37. The average Bonchev–Trinajstić information content (AvgIpc) is 2.41. The lowest BCUT2D eigenvalue weighted by Gasteiger charge is -2.17. The molecule has 1 saturated carbocycles. The Morgan fingerprint density at radius 3 is 2.20 bits per heavy atom. The van der Waals surface area contributed by atoms with Gasteiger partial charge in [0, 0.05) is 0 Å². The molecule has 15 heavy (non-hydrogen) atoms. The van der Waals surface area contributed by atoms with Crippen LogP contribution in [0.3, 0.4) is 0 Å². The van der Waals surface area contributed by atoms with Gasteiger partial charge in [-0.2, -0.15) is 0 Å². The monoisotopic (exact) mass is 204 g/mol. The van der Waals surface area contributed by atoms with Gasteiger partial charge >= 0.3 is 0 Å². The standard InChI is InChI=1S/C14H20O/c1-10-8-14(2,3)9-13(10)11-4-6-12(15)7-5-11/h4-7,10,13,15H,8-9H2,1-3H3. The first-order valence-electron chi connectivity index (χ1n) is 5.77. The molecule has 0 aromatic heterocycles. The second-order valence-electron chi connectivity index (χ2n) is 5.75. The van der Waals surface area contributed by atoms with E-state index in [0.717, 1.165) is 5.92 Å². The van der Waals surface area contributed by atoms with Crippen LogP contribution >= 0.6 is 0 Å². The van der Waals surface area contributed by atoms with Crippen molar-refractivity contribution < 1.29 is 5.11 Å². The molecule has 1 N–H and O–H groups in total. The highest BCUT2D eigenvalue weighted by molar-refractivity contribution is 5.29. The molecule has 0 aliphatic heterocycles. The van der Waals surface area contributed by atoms with Crippen LogP contribution in [-0.4, -0.2) is 5.11 Å². The van der Waals surface area contributed by atoms with Crippen molar-refractivity contribution in [3.05, 3.63) is 29.8 Å². The Hall–Kier alpha value is -0.980. The minimum atomic E-state index is 0.365. The molecule has 1 nitrogen and oxygen atoms in total. The number of hydrogen-bond acceptors (Lipinski definition) is 1. The molecule has 0 radical (unpaired) electrons. The molecule has 2 unspecified atom stereocenters. The Kier molecular flexibility index (Phi) is 2.49. The molecule has 1 aromatic carbocycles. The fourth-order valence-electron chi connectivity index (χ4n) is 3.06. The number of phenolic OH excluding ortho intramolecular Hbond substituents is 1. The van der Waals surface area contributed by atoms with Gasteiger partial charge in [-0.05, 0) is 47.8 Å². The summed E-state index contributed by atoms with van der Waals surface area (Å²) in [5, 5.41) is 9.27.